The van der Waals surface area contributed by atoms with E-state index >= 15 is 0 Å². The van der Waals surface area contributed by atoms with Gasteiger partial charge in [-0.15, -0.1) is 0 Å². The van der Waals surface area contributed by atoms with E-state index in [9.17, 15) is 14.0 Å². The van der Waals surface area contributed by atoms with Gasteiger partial charge in [-0.1, -0.05) is 42.5 Å². The molecule has 0 fully saturated rings. The lowest BCUT2D eigenvalue weighted by Crippen LogP contribution is -2.31. The number of aromatic nitrogens is 3. The van der Waals surface area contributed by atoms with Crippen molar-refractivity contribution in [3.8, 4) is 11.4 Å². The molecule has 0 N–H and O–H groups in total. The van der Waals surface area contributed by atoms with Crippen molar-refractivity contribution in [3.63, 3.8) is 0 Å². The van der Waals surface area contributed by atoms with Crippen LogP contribution in [0.25, 0.3) is 33.3 Å². The Morgan fingerprint density at radius 3 is 2.25 bits per heavy atom. The van der Waals surface area contributed by atoms with Crippen LogP contribution in [0.2, 0.25) is 0 Å². The Hall–Kier alpha value is -4.06. The van der Waals surface area contributed by atoms with Gasteiger partial charge in [-0.3, -0.25) is 14.2 Å². The van der Waals surface area contributed by atoms with Crippen LogP contribution in [0.3, 0.4) is 0 Å². The minimum Gasteiger partial charge on any atom is -0.328 e. The van der Waals surface area contributed by atoms with Crippen molar-refractivity contribution in [2.24, 2.45) is 7.05 Å². The van der Waals surface area contributed by atoms with Crippen molar-refractivity contribution in [2.45, 2.75) is 13.0 Å². The number of halogens is 1. The summed E-state index contributed by atoms with van der Waals surface area (Å²) in [7, 11) is 1.79. The Morgan fingerprint density at radius 1 is 0.875 bits per heavy atom. The number of benzene rings is 3. The summed E-state index contributed by atoms with van der Waals surface area (Å²) < 4.78 is 16.9. The molecular formula is C26H20FN3O2. The van der Waals surface area contributed by atoms with E-state index in [1.165, 1.54) is 16.7 Å². The van der Waals surface area contributed by atoms with Crippen LogP contribution >= 0.6 is 0 Å². The van der Waals surface area contributed by atoms with Gasteiger partial charge in [-0.2, -0.15) is 0 Å². The topological polar surface area (TPSA) is 56.9 Å². The quantitative estimate of drug-likeness (QED) is 0.395. The van der Waals surface area contributed by atoms with Gasteiger partial charge in [0.1, 0.15) is 17.0 Å². The second-order valence-corrected chi connectivity index (χ2v) is 7.81. The zero-order chi connectivity index (χ0) is 22.4. The Morgan fingerprint density at radius 2 is 1.53 bits per heavy atom. The van der Waals surface area contributed by atoms with E-state index in [0.29, 0.717) is 27.9 Å². The highest BCUT2D eigenvalue weighted by Gasteiger charge is 2.22. The average molecular weight is 425 g/mol. The summed E-state index contributed by atoms with van der Waals surface area (Å²) in [5.74, 6) is 0.00192. The van der Waals surface area contributed by atoms with Gasteiger partial charge in [-0.05, 0) is 48.9 Å². The van der Waals surface area contributed by atoms with Gasteiger partial charge in [-0.25, -0.2) is 9.37 Å². The summed E-state index contributed by atoms with van der Waals surface area (Å²) in [6, 6.07) is 22.2. The number of nitrogens with zero attached hydrogens (tertiary/aromatic N) is 3. The first-order valence-corrected chi connectivity index (χ1v) is 10.3. The third kappa shape index (κ3) is 3.03. The fourth-order valence-electron chi connectivity index (χ4n) is 4.21. The molecule has 1 atom stereocenters. The number of hydrogen-bond acceptors (Lipinski definition) is 3. The average Bonchev–Trinajstić information content (AvgIpc) is 2.82. The van der Waals surface area contributed by atoms with E-state index in [4.69, 9.17) is 4.98 Å². The number of fused-ring (bicyclic) bond motifs is 2. The molecule has 158 valence electrons. The first-order valence-electron chi connectivity index (χ1n) is 10.3. The molecule has 5 nitrogen and oxygen atoms in total. The smallest absolute Gasteiger partial charge is 0.267 e. The van der Waals surface area contributed by atoms with Crippen molar-refractivity contribution in [3.05, 3.63) is 111 Å². The minimum atomic E-state index is -0.419. The van der Waals surface area contributed by atoms with Crippen LogP contribution in [0.4, 0.5) is 4.39 Å². The number of aryl methyl sites for hydroxylation is 1. The number of rotatable bonds is 3. The molecule has 0 aliphatic carbocycles. The molecule has 32 heavy (non-hydrogen) atoms. The van der Waals surface area contributed by atoms with Crippen LogP contribution in [0.5, 0.6) is 0 Å². The predicted molar refractivity (Wildman–Crippen MR) is 124 cm³/mol. The molecule has 0 aliphatic rings. The molecule has 0 saturated carbocycles. The molecule has 0 bridgehead atoms. The van der Waals surface area contributed by atoms with Crippen LogP contribution < -0.4 is 11.0 Å². The zero-order valence-electron chi connectivity index (χ0n) is 17.6. The van der Waals surface area contributed by atoms with Crippen molar-refractivity contribution in [1.82, 2.24) is 14.1 Å². The monoisotopic (exact) mass is 425 g/mol. The summed E-state index contributed by atoms with van der Waals surface area (Å²) in [4.78, 5) is 32.0. The van der Waals surface area contributed by atoms with Gasteiger partial charge in [0.15, 0.2) is 5.65 Å². The highest BCUT2D eigenvalue weighted by atomic mass is 19.1. The maximum atomic E-state index is 13.9. The summed E-state index contributed by atoms with van der Waals surface area (Å²) in [5, 5.41) is 0.509. The lowest BCUT2D eigenvalue weighted by atomic mass is 10.1. The van der Waals surface area contributed by atoms with Gasteiger partial charge < -0.3 is 4.57 Å². The molecule has 0 aliphatic heterocycles. The number of para-hydroxylation sites is 1. The molecule has 6 heteroatoms. The first kappa shape index (κ1) is 19.9. The fraction of sp³-hybridized carbons (Fsp3) is 0.115. The molecule has 2 aromatic heterocycles. The Labute approximate surface area is 183 Å². The normalized spacial score (nSPS) is 12.3. The minimum absolute atomic E-state index is 0.0415. The Kier molecular flexibility index (Phi) is 4.70. The lowest BCUT2D eigenvalue weighted by Gasteiger charge is -2.21. The molecule has 5 aromatic rings. The third-order valence-corrected chi connectivity index (χ3v) is 5.92. The van der Waals surface area contributed by atoms with Gasteiger partial charge in [0, 0.05) is 18.0 Å². The molecule has 0 radical (unpaired) electrons. The zero-order valence-corrected chi connectivity index (χ0v) is 17.6. The first-order chi connectivity index (χ1) is 15.5. The third-order valence-electron chi connectivity index (χ3n) is 5.92. The van der Waals surface area contributed by atoms with Crippen LogP contribution in [0, 0.1) is 5.82 Å². The fourth-order valence-corrected chi connectivity index (χ4v) is 4.21. The summed E-state index contributed by atoms with van der Waals surface area (Å²) in [5.41, 5.74) is 1.72. The van der Waals surface area contributed by atoms with E-state index < -0.39 is 11.6 Å². The van der Waals surface area contributed by atoms with Crippen molar-refractivity contribution >= 4 is 21.9 Å². The van der Waals surface area contributed by atoms with Crippen LogP contribution in [0.15, 0.2) is 88.5 Å². The molecule has 5 rings (SSSR count). The molecule has 0 amide bonds. The van der Waals surface area contributed by atoms with Crippen LogP contribution in [0.1, 0.15) is 18.5 Å². The molecule has 2 heterocycles. The highest BCUT2D eigenvalue weighted by Crippen LogP contribution is 2.26. The van der Waals surface area contributed by atoms with Crippen LogP contribution in [-0.2, 0) is 7.05 Å². The molecular weight excluding hydrogens is 405 g/mol. The number of pyridine rings is 1. The van der Waals surface area contributed by atoms with E-state index in [-0.39, 0.29) is 16.6 Å². The largest absolute Gasteiger partial charge is 0.328 e. The molecule has 0 unspecified atom stereocenters. The van der Waals surface area contributed by atoms with E-state index in [0.717, 1.165) is 5.56 Å². The SMILES string of the molecule is C[C@@H](c1ccccc1)n1c(-c2ccc(F)cc2)nc2c(c(=O)c3ccccc3n2C)c1=O. The molecule has 0 spiro atoms. The summed E-state index contributed by atoms with van der Waals surface area (Å²) >= 11 is 0. The van der Waals surface area contributed by atoms with Gasteiger partial charge in [0.2, 0.25) is 5.43 Å². The second-order valence-electron chi connectivity index (χ2n) is 7.81. The molecule has 3 aromatic carbocycles. The van der Waals surface area contributed by atoms with Gasteiger partial charge in [0.25, 0.3) is 5.56 Å². The van der Waals surface area contributed by atoms with Crippen molar-refractivity contribution in [2.75, 3.05) is 0 Å². The van der Waals surface area contributed by atoms with Gasteiger partial charge >= 0.3 is 0 Å². The van der Waals surface area contributed by atoms with Crippen LogP contribution in [-0.4, -0.2) is 14.1 Å². The van der Waals surface area contributed by atoms with E-state index in [2.05, 4.69) is 0 Å². The highest BCUT2D eigenvalue weighted by molar-refractivity contribution is 5.92. The van der Waals surface area contributed by atoms with E-state index in [1.54, 1.807) is 35.9 Å². The Bertz CT molecular complexity index is 1590. The Balaban J connectivity index is 1.95. The predicted octanol–water partition coefficient (Wildman–Crippen LogP) is 4.66. The van der Waals surface area contributed by atoms with Crippen molar-refractivity contribution < 1.29 is 4.39 Å². The van der Waals surface area contributed by atoms with E-state index in [1.807, 2.05) is 49.4 Å². The maximum Gasteiger partial charge on any atom is 0.267 e. The standard InChI is InChI=1S/C26H20FN3O2/c1-16(17-8-4-3-5-9-17)30-24(18-12-14-19(27)15-13-18)28-25-22(26(30)32)23(31)20-10-6-7-11-21(20)29(25)2/h3-16H,1-2H3/t16-/m0/s1. The lowest BCUT2D eigenvalue weighted by molar-refractivity contribution is 0.614. The second kappa shape index (κ2) is 7.57. The van der Waals surface area contributed by atoms with Crippen molar-refractivity contribution in [1.29, 1.82) is 0 Å². The summed E-state index contributed by atoms with van der Waals surface area (Å²) in [6.07, 6.45) is 0. The van der Waals surface area contributed by atoms with Gasteiger partial charge in [0.05, 0.1) is 11.6 Å². The summed E-state index contributed by atoms with van der Waals surface area (Å²) in [6.45, 7) is 1.89. The number of hydrogen-bond donors (Lipinski definition) is 0. The molecule has 0 saturated heterocycles. The maximum absolute atomic E-state index is 13.9.